The minimum absolute atomic E-state index is 0.248. The standard InChI is InChI=1S/C17H16ClN3O2S/c1-10-6-7-11(8-12(10)18)20-17(24)21-9-15(16(19)22)23-14-5-3-2-4-13(14)21/h2-8,15H,9H2,1H3,(H2,19,22)(H,20,24). The van der Waals surface area contributed by atoms with Gasteiger partial charge < -0.3 is 20.7 Å². The average molecular weight is 362 g/mol. The fourth-order valence-electron chi connectivity index (χ4n) is 2.44. The molecule has 1 atom stereocenters. The van der Waals surface area contributed by atoms with Crippen molar-refractivity contribution in [1.29, 1.82) is 0 Å². The molecule has 0 spiro atoms. The maximum Gasteiger partial charge on any atom is 0.260 e. The zero-order chi connectivity index (χ0) is 17.3. The van der Waals surface area contributed by atoms with E-state index in [-0.39, 0.29) is 6.54 Å². The van der Waals surface area contributed by atoms with Crippen molar-refractivity contribution in [2.45, 2.75) is 13.0 Å². The van der Waals surface area contributed by atoms with E-state index in [1.165, 1.54) is 0 Å². The van der Waals surface area contributed by atoms with Gasteiger partial charge in [0.2, 0.25) is 0 Å². The van der Waals surface area contributed by atoms with Crippen LogP contribution in [0.15, 0.2) is 42.5 Å². The van der Waals surface area contributed by atoms with Gasteiger partial charge in [-0.05, 0) is 49.0 Å². The lowest BCUT2D eigenvalue weighted by Crippen LogP contribution is -2.50. The predicted octanol–water partition coefficient (Wildman–Crippen LogP) is 3.10. The third-order valence-electron chi connectivity index (χ3n) is 3.76. The highest BCUT2D eigenvalue weighted by Crippen LogP contribution is 2.33. The summed E-state index contributed by atoms with van der Waals surface area (Å²) in [7, 11) is 0. The number of fused-ring (bicyclic) bond motifs is 1. The maximum atomic E-state index is 11.6. The number of anilines is 2. The van der Waals surface area contributed by atoms with Crippen LogP contribution in [0.4, 0.5) is 11.4 Å². The van der Waals surface area contributed by atoms with E-state index >= 15 is 0 Å². The quantitative estimate of drug-likeness (QED) is 0.804. The Labute approximate surface area is 150 Å². The molecule has 5 nitrogen and oxygen atoms in total. The molecule has 0 aromatic heterocycles. The van der Waals surface area contributed by atoms with Crippen molar-refractivity contribution in [3.05, 3.63) is 53.1 Å². The van der Waals surface area contributed by atoms with Crippen LogP contribution in [-0.2, 0) is 4.79 Å². The second-order valence-corrected chi connectivity index (χ2v) is 6.28. The minimum Gasteiger partial charge on any atom is -0.477 e. The van der Waals surface area contributed by atoms with E-state index in [9.17, 15) is 4.79 Å². The van der Waals surface area contributed by atoms with Crippen LogP contribution >= 0.6 is 23.8 Å². The van der Waals surface area contributed by atoms with Crippen molar-refractivity contribution in [3.63, 3.8) is 0 Å². The largest absolute Gasteiger partial charge is 0.477 e. The number of nitrogens with zero attached hydrogens (tertiary/aromatic N) is 1. The molecular formula is C17H16ClN3O2S. The number of ether oxygens (including phenoxy) is 1. The van der Waals surface area contributed by atoms with Crippen LogP contribution in [0, 0.1) is 6.92 Å². The van der Waals surface area contributed by atoms with Gasteiger partial charge in [-0.1, -0.05) is 29.8 Å². The summed E-state index contributed by atoms with van der Waals surface area (Å²) < 4.78 is 5.63. The first-order valence-corrected chi connectivity index (χ1v) is 8.14. The molecule has 24 heavy (non-hydrogen) atoms. The Bertz CT molecular complexity index is 812. The first-order chi connectivity index (χ1) is 11.5. The number of aryl methyl sites for hydroxylation is 1. The molecule has 3 N–H and O–H groups in total. The highest BCUT2D eigenvalue weighted by Gasteiger charge is 2.31. The smallest absolute Gasteiger partial charge is 0.260 e. The van der Waals surface area contributed by atoms with Crippen LogP contribution in [-0.4, -0.2) is 23.7 Å². The topological polar surface area (TPSA) is 67.6 Å². The fourth-order valence-corrected chi connectivity index (χ4v) is 2.91. The molecule has 1 heterocycles. The number of carbonyl (C=O) groups is 1. The average Bonchev–Trinajstić information content (AvgIpc) is 2.57. The summed E-state index contributed by atoms with van der Waals surface area (Å²) in [6, 6.07) is 13.0. The molecule has 1 unspecified atom stereocenters. The third kappa shape index (κ3) is 3.29. The van der Waals surface area contributed by atoms with Gasteiger partial charge in [-0.3, -0.25) is 4.79 Å². The van der Waals surface area contributed by atoms with E-state index in [4.69, 9.17) is 34.3 Å². The molecular weight excluding hydrogens is 346 g/mol. The van der Waals surface area contributed by atoms with Gasteiger partial charge in [-0.15, -0.1) is 0 Å². The summed E-state index contributed by atoms with van der Waals surface area (Å²) in [5.74, 6) is 0.0364. The number of halogens is 1. The van der Waals surface area contributed by atoms with Crippen molar-refractivity contribution in [2.24, 2.45) is 5.73 Å². The Balaban J connectivity index is 1.87. The predicted molar refractivity (Wildman–Crippen MR) is 99.8 cm³/mol. The van der Waals surface area contributed by atoms with Crippen molar-refractivity contribution in [2.75, 3.05) is 16.8 Å². The van der Waals surface area contributed by atoms with Crippen LogP contribution in [0.5, 0.6) is 5.75 Å². The number of rotatable bonds is 2. The molecule has 0 saturated heterocycles. The fraction of sp³-hybridized carbons (Fsp3) is 0.176. The van der Waals surface area contributed by atoms with Crippen LogP contribution in [0.25, 0.3) is 0 Å². The van der Waals surface area contributed by atoms with E-state index in [1.54, 1.807) is 17.0 Å². The van der Waals surface area contributed by atoms with E-state index in [1.807, 2.05) is 37.3 Å². The first kappa shape index (κ1) is 16.5. The van der Waals surface area contributed by atoms with Gasteiger partial charge in [0.1, 0.15) is 5.75 Å². The van der Waals surface area contributed by atoms with Crippen molar-refractivity contribution >= 4 is 46.2 Å². The number of para-hydroxylation sites is 2. The molecule has 0 radical (unpaired) electrons. The number of nitrogens with one attached hydrogen (secondary N) is 1. The van der Waals surface area contributed by atoms with Crippen LogP contribution in [0.3, 0.4) is 0 Å². The number of nitrogens with two attached hydrogens (primary N) is 1. The number of carbonyl (C=O) groups excluding carboxylic acids is 1. The van der Waals surface area contributed by atoms with Gasteiger partial charge in [0, 0.05) is 10.7 Å². The lowest BCUT2D eigenvalue weighted by atomic mass is 10.2. The lowest BCUT2D eigenvalue weighted by Gasteiger charge is -2.35. The summed E-state index contributed by atoms with van der Waals surface area (Å²) in [6.07, 6.45) is -0.763. The summed E-state index contributed by atoms with van der Waals surface area (Å²) in [5, 5.41) is 4.24. The van der Waals surface area contributed by atoms with Crippen LogP contribution < -0.4 is 20.7 Å². The second kappa shape index (κ2) is 6.67. The van der Waals surface area contributed by atoms with Crippen LogP contribution in [0.2, 0.25) is 5.02 Å². The Morgan fingerprint density at radius 2 is 2.12 bits per heavy atom. The van der Waals surface area contributed by atoms with E-state index in [2.05, 4.69) is 5.32 Å². The molecule has 1 aliphatic rings. The summed E-state index contributed by atoms with van der Waals surface area (Å²) in [4.78, 5) is 13.4. The van der Waals surface area contributed by atoms with E-state index in [0.717, 1.165) is 16.9 Å². The molecule has 0 bridgehead atoms. The summed E-state index contributed by atoms with van der Waals surface area (Å²) >= 11 is 11.7. The second-order valence-electron chi connectivity index (χ2n) is 5.48. The van der Waals surface area contributed by atoms with Gasteiger partial charge in [-0.2, -0.15) is 0 Å². The molecule has 2 aromatic rings. The van der Waals surface area contributed by atoms with Gasteiger partial charge in [0.05, 0.1) is 12.2 Å². The molecule has 0 fully saturated rings. The highest BCUT2D eigenvalue weighted by atomic mass is 35.5. The molecule has 2 aromatic carbocycles. The lowest BCUT2D eigenvalue weighted by molar-refractivity contribution is -0.124. The van der Waals surface area contributed by atoms with Crippen LogP contribution in [0.1, 0.15) is 5.56 Å². The Morgan fingerprint density at radius 1 is 1.38 bits per heavy atom. The Kier molecular flexibility index (Phi) is 4.59. The minimum atomic E-state index is -0.763. The Hall–Kier alpha value is -2.31. The van der Waals surface area contributed by atoms with Gasteiger partial charge in [0.15, 0.2) is 11.2 Å². The monoisotopic (exact) mass is 361 g/mol. The van der Waals surface area contributed by atoms with Gasteiger partial charge in [0.25, 0.3) is 5.91 Å². The first-order valence-electron chi connectivity index (χ1n) is 7.35. The number of primary amides is 1. The molecule has 7 heteroatoms. The zero-order valence-corrected chi connectivity index (χ0v) is 14.5. The molecule has 3 rings (SSSR count). The number of thiocarbonyl (C=S) groups is 1. The van der Waals surface area contributed by atoms with Crippen molar-refractivity contribution in [3.8, 4) is 5.75 Å². The van der Waals surface area contributed by atoms with E-state index in [0.29, 0.717) is 15.9 Å². The normalized spacial score (nSPS) is 16.1. The third-order valence-corrected chi connectivity index (χ3v) is 4.49. The number of hydrogen-bond donors (Lipinski definition) is 2. The maximum absolute atomic E-state index is 11.6. The highest BCUT2D eigenvalue weighted by molar-refractivity contribution is 7.80. The molecule has 1 aliphatic heterocycles. The molecule has 0 saturated carbocycles. The number of hydrogen-bond acceptors (Lipinski definition) is 3. The molecule has 0 aliphatic carbocycles. The summed E-state index contributed by atoms with van der Waals surface area (Å²) in [5.41, 5.74) is 7.95. The summed E-state index contributed by atoms with van der Waals surface area (Å²) in [6.45, 7) is 2.18. The zero-order valence-electron chi connectivity index (χ0n) is 13.0. The number of benzene rings is 2. The van der Waals surface area contributed by atoms with E-state index < -0.39 is 12.0 Å². The molecule has 1 amide bonds. The van der Waals surface area contributed by atoms with Gasteiger partial charge in [-0.25, -0.2) is 0 Å². The van der Waals surface area contributed by atoms with Crippen molar-refractivity contribution in [1.82, 2.24) is 0 Å². The van der Waals surface area contributed by atoms with Gasteiger partial charge >= 0.3 is 0 Å². The SMILES string of the molecule is Cc1ccc(NC(=S)N2CC(C(N)=O)Oc3ccccc32)cc1Cl. The van der Waals surface area contributed by atoms with Crippen molar-refractivity contribution < 1.29 is 9.53 Å². The Morgan fingerprint density at radius 3 is 2.83 bits per heavy atom. The number of amides is 1. The molecule has 124 valence electrons.